The highest BCUT2D eigenvalue weighted by Crippen LogP contribution is 2.29. The fraction of sp³-hybridized carbons (Fsp3) is 0.733. The standard InChI is InChI=1S/C15H27NOS/c1-5-15(6-2,11-17)10-16-14(12(3)4)13-8-7-9-18-13/h7-9,12,14,16-17H,5-6,10-11H2,1-4H3. The van der Waals surface area contributed by atoms with Gasteiger partial charge in [-0.05, 0) is 30.2 Å². The Kier molecular flexibility index (Phi) is 6.33. The van der Waals surface area contributed by atoms with Gasteiger partial charge in [-0.1, -0.05) is 33.8 Å². The van der Waals surface area contributed by atoms with Crippen LogP contribution in [0.4, 0.5) is 0 Å². The summed E-state index contributed by atoms with van der Waals surface area (Å²) in [6, 6.07) is 4.70. The average molecular weight is 269 g/mol. The van der Waals surface area contributed by atoms with Crippen LogP contribution in [0.1, 0.15) is 51.5 Å². The predicted octanol–water partition coefficient (Wildman–Crippen LogP) is 3.83. The number of aliphatic hydroxyl groups excluding tert-OH is 1. The van der Waals surface area contributed by atoms with Gasteiger partial charge in [0, 0.05) is 29.5 Å². The first kappa shape index (κ1) is 15.7. The van der Waals surface area contributed by atoms with E-state index in [2.05, 4.69) is 50.5 Å². The zero-order valence-corrected chi connectivity index (χ0v) is 12.9. The van der Waals surface area contributed by atoms with Crippen LogP contribution in [0, 0.1) is 11.3 Å². The average Bonchev–Trinajstić information content (AvgIpc) is 2.88. The van der Waals surface area contributed by atoms with Gasteiger partial charge in [-0.25, -0.2) is 0 Å². The lowest BCUT2D eigenvalue weighted by molar-refractivity contribution is 0.107. The molecule has 0 saturated heterocycles. The molecule has 0 aromatic carbocycles. The Morgan fingerprint density at radius 1 is 1.33 bits per heavy atom. The SMILES string of the molecule is CCC(CC)(CO)CNC(c1cccs1)C(C)C. The van der Waals surface area contributed by atoms with Crippen molar-refractivity contribution in [1.29, 1.82) is 0 Å². The molecule has 0 aliphatic heterocycles. The van der Waals surface area contributed by atoms with E-state index >= 15 is 0 Å². The second kappa shape index (κ2) is 7.27. The minimum atomic E-state index is 0.0321. The summed E-state index contributed by atoms with van der Waals surface area (Å²) in [5.41, 5.74) is 0.0321. The smallest absolute Gasteiger partial charge is 0.0499 e. The number of hydrogen-bond acceptors (Lipinski definition) is 3. The highest BCUT2D eigenvalue weighted by molar-refractivity contribution is 7.10. The molecule has 1 aromatic rings. The zero-order valence-electron chi connectivity index (χ0n) is 12.1. The molecule has 0 saturated carbocycles. The molecule has 0 aliphatic carbocycles. The summed E-state index contributed by atoms with van der Waals surface area (Å²) in [7, 11) is 0. The van der Waals surface area contributed by atoms with E-state index in [1.54, 1.807) is 0 Å². The first-order chi connectivity index (χ1) is 8.58. The molecule has 1 rings (SSSR count). The van der Waals surface area contributed by atoms with Gasteiger partial charge >= 0.3 is 0 Å². The van der Waals surface area contributed by atoms with Gasteiger partial charge in [-0.15, -0.1) is 11.3 Å². The van der Waals surface area contributed by atoms with Crippen molar-refractivity contribution in [2.45, 2.75) is 46.6 Å². The van der Waals surface area contributed by atoms with Crippen molar-refractivity contribution >= 4 is 11.3 Å². The highest BCUT2D eigenvalue weighted by atomic mass is 32.1. The summed E-state index contributed by atoms with van der Waals surface area (Å²) >= 11 is 1.81. The summed E-state index contributed by atoms with van der Waals surface area (Å²) in [5.74, 6) is 0.564. The number of rotatable bonds is 8. The number of thiophene rings is 1. The highest BCUT2D eigenvalue weighted by Gasteiger charge is 2.27. The van der Waals surface area contributed by atoms with Crippen LogP contribution in [0.25, 0.3) is 0 Å². The van der Waals surface area contributed by atoms with Crippen LogP contribution in [0.5, 0.6) is 0 Å². The maximum absolute atomic E-state index is 9.62. The molecule has 3 heteroatoms. The lowest BCUT2D eigenvalue weighted by atomic mass is 9.82. The van der Waals surface area contributed by atoms with Crippen LogP contribution in [0.15, 0.2) is 17.5 Å². The Balaban J connectivity index is 2.68. The Morgan fingerprint density at radius 2 is 2.00 bits per heavy atom. The van der Waals surface area contributed by atoms with Gasteiger partial charge in [0.1, 0.15) is 0 Å². The van der Waals surface area contributed by atoms with E-state index in [4.69, 9.17) is 0 Å². The predicted molar refractivity (Wildman–Crippen MR) is 80.0 cm³/mol. The topological polar surface area (TPSA) is 32.3 Å². The lowest BCUT2D eigenvalue weighted by Gasteiger charge is -2.33. The van der Waals surface area contributed by atoms with E-state index in [0.717, 1.165) is 19.4 Å². The molecule has 0 radical (unpaired) electrons. The zero-order chi connectivity index (χ0) is 13.6. The Bertz CT molecular complexity index is 309. The van der Waals surface area contributed by atoms with Crippen molar-refractivity contribution in [2.24, 2.45) is 11.3 Å². The van der Waals surface area contributed by atoms with Crippen molar-refractivity contribution in [2.75, 3.05) is 13.2 Å². The molecular weight excluding hydrogens is 242 g/mol. The van der Waals surface area contributed by atoms with Crippen LogP contribution in [0.2, 0.25) is 0 Å². The van der Waals surface area contributed by atoms with Crippen molar-refractivity contribution in [3.05, 3.63) is 22.4 Å². The van der Waals surface area contributed by atoms with E-state index in [1.807, 2.05) is 11.3 Å². The van der Waals surface area contributed by atoms with Crippen molar-refractivity contribution in [3.63, 3.8) is 0 Å². The summed E-state index contributed by atoms with van der Waals surface area (Å²) in [6.45, 7) is 9.97. The first-order valence-electron chi connectivity index (χ1n) is 6.96. The molecule has 104 valence electrons. The molecule has 2 N–H and O–H groups in total. The largest absolute Gasteiger partial charge is 0.396 e. The van der Waals surface area contributed by atoms with E-state index in [0.29, 0.717) is 12.0 Å². The second-order valence-electron chi connectivity index (χ2n) is 5.48. The third-order valence-corrected chi connectivity index (χ3v) is 5.00. The van der Waals surface area contributed by atoms with E-state index in [9.17, 15) is 5.11 Å². The van der Waals surface area contributed by atoms with E-state index in [-0.39, 0.29) is 12.0 Å². The van der Waals surface area contributed by atoms with Crippen LogP contribution in [0.3, 0.4) is 0 Å². The molecule has 2 nitrogen and oxygen atoms in total. The van der Waals surface area contributed by atoms with Gasteiger partial charge in [0.25, 0.3) is 0 Å². The first-order valence-corrected chi connectivity index (χ1v) is 7.84. The second-order valence-corrected chi connectivity index (χ2v) is 6.46. The number of aliphatic hydroxyl groups is 1. The third kappa shape index (κ3) is 3.81. The van der Waals surface area contributed by atoms with Gasteiger partial charge in [0.05, 0.1) is 0 Å². The van der Waals surface area contributed by atoms with Crippen molar-refractivity contribution in [3.8, 4) is 0 Å². The van der Waals surface area contributed by atoms with Gasteiger partial charge in [-0.3, -0.25) is 0 Å². The monoisotopic (exact) mass is 269 g/mol. The minimum absolute atomic E-state index is 0.0321. The molecule has 0 bridgehead atoms. The quantitative estimate of drug-likeness (QED) is 0.751. The molecule has 0 fully saturated rings. The Hall–Kier alpha value is -0.380. The molecular formula is C15H27NOS. The molecule has 0 amide bonds. The molecule has 1 aromatic heterocycles. The van der Waals surface area contributed by atoms with E-state index < -0.39 is 0 Å². The maximum Gasteiger partial charge on any atom is 0.0499 e. The summed E-state index contributed by atoms with van der Waals surface area (Å²) < 4.78 is 0. The van der Waals surface area contributed by atoms with Gasteiger partial charge in [-0.2, -0.15) is 0 Å². The molecule has 18 heavy (non-hydrogen) atoms. The Morgan fingerprint density at radius 3 is 2.39 bits per heavy atom. The summed E-state index contributed by atoms with van der Waals surface area (Å²) in [4.78, 5) is 1.39. The maximum atomic E-state index is 9.62. The van der Waals surface area contributed by atoms with Crippen LogP contribution >= 0.6 is 11.3 Å². The van der Waals surface area contributed by atoms with Gasteiger partial charge < -0.3 is 10.4 Å². The van der Waals surface area contributed by atoms with Crippen molar-refractivity contribution < 1.29 is 5.11 Å². The fourth-order valence-electron chi connectivity index (χ4n) is 2.24. The van der Waals surface area contributed by atoms with Gasteiger partial charge in [0.15, 0.2) is 0 Å². The number of nitrogens with one attached hydrogen (secondary N) is 1. The molecule has 1 unspecified atom stereocenters. The summed E-state index contributed by atoms with van der Waals surface area (Å²) in [6.07, 6.45) is 2.03. The molecule has 0 spiro atoms. The van der Waals surface area contributed by atoms with Crippen LogP contribution in [-0.4, -0.2) is 18.3 Å². The van der Waals surface area contributed by atoms with Crippen molar-refractivity contribution in [1.82, 2.24) is 5.32 Å². The van der Waals surface area contributed by atoms with E-state index in [1.165, 1.54) is 4.88 Å². The third-order valence-electron chi connectivity index (χ3n) is 4.05. The molecule has 1 atom stereocenters. The minimum Gasteiger partial charge on any atom is -0.396 e. The Labute approximate surface area is 115 Å². The molecule has 0 aliphatic rings. The van der Waals surface area contributed by atoms with Crippen LogP contribution < -0.4 is 5.32 Å². The normalized spacial score (nSPS) is 14.1. The van der Waals surface area contributed by atoms with Gasteiger partial charge in [0.2, 0.25) is 0 Å². The fourth-order valence-corrected chi connectivity index (χ4v) is 3.21. The summed E-state index contributed by atoms with van der Waals surface area (Å²) in [5, 5.41) is 15.4. The number of hydrogen-bond donors (Lipinski definition) is 2. The lowest BCUT2D eigenvalue weighted by Crippen LogP contribution is -2.39. The molecule has 1 heterocycles. The van der Waals surface area contributed by atoms with Crippen LogP contribution in [-0.2, 0) is 0 Å².